The van der Waals surface area contributed by atoms with Gasteiger partial charge in [-0.25, -0.2) is 0 Å². The maximum atomic E-state index is 12.0. The molecule has 0 bridgehead atoms. The van der Waals surface area contributed by atoms with Crippen LogP contribution in [0, 0.1) is 0 Å². The third kappa shape index (κ3) is 4.87. The number of hydrogen-bond donors (Lipinski definition) is 1. The predicted molar refractivity (Wildman–Crippen MR) is 71.9 cm³/mol. The third-order valence-corrected chi connectivity index (χ3v) is 3.93. The zero-order valence-corrected chi connectivity index (χ0v) is 11.7. The van der Waals surface area contributed by atoms with Crippen molar-refractivity contribution in [2.45, 2.75) is 50.0 Å². The van der Waals surface area contributed by atoms with E-state index in [1.165, 1.54) is 18.6 Å². The minimum absolute atomic E-state index is 0.136. The van der Waals surface area contributed by atoms with Gasteiger partial charge in [-0.1, -0.05) is 25.0 Å². The van der Waals surface area contributed by atoms with Crippen molar-refractivity contribution in [1.82, 2.24) is 5.32 Å². The molecule has 0 saturated heterocycles. The molecule has 1 aliphatic rings. The van der Waals surface area contributed by atoms with E-state index in [9.17, 15) is 13.2 Å². The van der Waals surface area contributed by atoms with Gasteiger partial charge in [0.2, 0.25) is 0 Å². The molecular weight excluding hydrogens is 291 g/mol. The summed E-state index contributed by atoms with van der Waals surface area (Å²) >= 11 is 6.24. The molecule has 2 atom stereocenters. The van der Waals surface area contributed by atoms with E-state index in [0.717, 1.165) is 24.8 Å². The Kier molecular flexibility index (Phi) is 5.16. The number of ether oxygens (including phenoxy) is 1. The van der Waals surface area contributed by atoms with Crippen LogP contribution in [-0.4, -0.2) is 17.8 Å². The van der Waals surface area contributed by atoms with Gasteiger partial charge in [0, 0.05) is 18.0 Å². The topological polar surface area (TPSA) is 21.3 Å². The molecule has 1 aromatic rings. The van der Waals surface area contributed by atoms with Crippen LogP contribution in [-0.2, 0) is 6.54 Å². The van der Waals surface area contributed by atoms with Crippen LogP contribution >= 0.6 is 11.6 Å². The van der Waals surface area contributed by atoms with Gasteiger partial charge in [0.25, 0.3) is 0 Å². The van der Waals surface area contributed by atoms with Crippen LogP contribution in [0.2, 0.25) is 0 Å². The summed E-state index contributed by atoms with van der Waals surface area (Å²) in [4.78, 5) is 0. The second-order valence-electron chi connectivity index (χ2n) is 4.98. The van der Waals surface area contributed by atoms with Crippen molar-refractivity contribution in [3.05, 3.63) is 29.8 Å². The predicted octanol–water partition coefficient (Wildman–Crippen LogP) is 4.22. The Hall–Kier alpha value is -0.940. The summed E-state index contributed by atoms with van der Waals surface area (Å²) in [5.41, 5.74) is 0.911. The second kappa shape index (κ2) is 6.68. The van der Waals surface area contributed by atoms with Crippen LogP contribution < -0.4 is 10.1 Å². The molecule has 0 aliphatic heterocycles. The highest BCUT2D eigenvalue weighted by Gasteiger charge is 2.31. The van der Waals surface area contributed by atoms with E-state index in [1.807, 2.05) is 0 Å². The Labute approximate surface area is 121 Å². The molecule has 1 aromatic carbocycles. The molecule has 2 unspecified atom stereocenters. The van der Waals surface area contributed by atoms with Gasteiger partial charge < -0.3 is 10.1 Å². The number of hydrogen-bond acceptors (Lipinski definition) is 2. The van der Waals surface area contributed by atoms with E-state index < -0.39 is 6.36 Å². The van der Waals surface area contributed by atoms with E-state index in [-0.39, 0.29) is 17.2 Å². The molecule has 2 rings (SSSR count). The van der Waals surface area contributed by atoms with Crippen molar-refractivity contribution in [2.75, 3.05) is 0 Å². The molecule has 0 spiro atoms. The summed E-state index contributed by atoms with van der Waals surface area (Å²) in [6.45, 7) is 0.597. The molecule has 0 aromatic heterocycles. The summed E-state index contributed by atoms with van der Waals surface area (Å²) in [7, 11) is 0. The molecule has 1 saturated carbocycles. The van der Waals surface area contributed by atoms with Crippen molar-refractivity contribution < 1.29 is 17.9 Å². The lowest BCUT2D eigenvalue weighted by atomic mass is 9.95. The van der Waals surface area contributed by atoms with E-state index >= 15 is 0 Å². The van der Waals surface area contributed by atoms with E-state index in [1.54, 1.807) is 12.1 Å². The number of benzene rings is 1. The molecule has 0 amide bonds. The molecule has 6 heteroatoms. The van der Waals surface area contributed by atoms with Crippen LogP contribution in [0.4, 0.5) is 13.2 Å². The van der Waals surface area contributed by atoms with Crippen LogP contribution in [0.1, 0.15) is 31.2 Å². The quantitative estimate of drug-likeness (QED) is 0.841. The molecule has 2 nitrogen and oxygen atoms in total. The fraction of sp³-hybridized carbons (Fsp3) is 0.571. The average Bonchev–Trinajstić information content (AvgIpc) is 2.38. The second-order valence-corrected chi connectivity index (χ2v) is 5.54. The van der Waals surface area contributed by atoms with Crippen LogP contribution in [0.25, 0.3) is 0 Å². The summed E-state index contributed by atoms with van der Waals surface area (Å²) in [5.74, 6) is -0.200. The third-order valence-electron chi connectivity index (χ3n) is 3.41. The minimum Gasteiger partial charge on any atom is -0.406 e. The van der Waals surface area contributed by atoms with Gasteiger partial charge in [0.05, 0.1) is 0 Å². The highest BCUT2D eigenvalue weighted by molar-refractivity contribution is 6.21. The first-order valence-electron chi connectivity index (χ1n) is 6.66. The van der Waals surface area contributed by atoms with Crippen LogP contribution in [0.15, 0.2) is 24.3 Å². The Balaban J connectivity index is 1.84. The lowest BCUT2D eigenvalue weighted by Gasteiger charge is -2.28. The van der Waals surface area contributed by atoms with Crippen molar-refractivity contribution >= 4 is 11.6 Å². The SMILES string of the molecule is FC(F)(F)Oc1ccc(CNC2CCCCC2Cl)cc1. The largest absolute Gasteiger partial charge is 0.573 e. The minimum atomic E-state index is -4.65. The summed E-state index contributed by atoms with van der Waals surface area (Å²) in [5, 5.41) is 3.50. The fourth-order valence-electron chi connectivity index (χ4n) is 2.37. The number of rotatable bonds is 4. The zero-order valence-electron chi connectivity index (χ0n) is 10.9. The average molecular weight is 308 g/mol. The number of halogens is 4. The molecule has 1 fully saturated rings. The number of alkyl halides is 4. The van der Waals surface area contributed by atoms with Gasteiger partial charge in [-0.15, -0.1) is 24.8 Å². The van der Waals surface area contributed by atoms with Gasteiger partial charge in [-0.3, -0.25) is 0 Å². The van der Waals surface area contributed by atoms with Gasteiger partial charge >= 0.3 is 6.36 Å². The molecule has 1 aliphatic carbocycles. The van der Waals surface area contributed by atoms with Crippen molar-refractivity contribution in [3.8, 4) is 5.75 Å². The smallest absolute Gasteiger partial charge is 0.406 e. The molecule has 0 radical (unpaired) electrons. The first kappa shape index (κ1) is 15.4. The lowest BCUT2D eigenvalue weighted by molar-refractivity contribution is -0.274. The van der Waals surface area contributed by atoms with Gasteiger partial charge in [0.1, 0.15) is 5.75 Å². The lowest BCUT2D eigenvalue weighted by Crippen LogP contribution is -2.38. The van der Waals surface area contributed by atoms with E-state index in [4.69, 9.17) is 11.6 Å². The summed E-state index contributed by atoms with van der Waals surface area (Å²) in [6.07, 6.45) is -0.260. The Morgan fingerprint density at radius 3 is 2.40 bits per heavy atom. The first-order valence-corrected chi connectivity index (χ1v) is 7.10. The van der Waals surface area contributed by atoms with Crippen molar-refractivity contribution in [2.24, 2.45) is 0 Å². The normalized spacial score (nSPS) is 23.6. The molecule has 0 heterocycles. The first-order chi connectivity index (χ1) is 9.44. The molecule has 1 N–H and O–H groups in total. The molecular formula is C14H17ClF3NO. The molecule has 112 valence electrons. The van der Waals surface area contributed by atoms with Gasteiger partial charge in [0.15, 0.2) is 0 Å². The Bertz CT molecular complexity index is 421. The number of nitrogens with one attached hydrogen (secondary N) is 1. The zero-order chi connectivity index (χ0) is 14.6. The van der Waals surface area contributed by atoms with Gasteiger partial charge in [-0.05, 0) is 30.5 Å². The van der Waals surface area contributed by atoms with E-state index in [2.05, 4.69) is 10.1 Å². The highest BCUT2D eigenvalue weighted by Crippen LogP contribution is 2.24. The maximum absolute atomic E-state index is 12.0. The van der Waals surface area contributed by atoms with Crippen molar-refractivity contribution in [3.63, 3.8) is 0 Å². The Morgan fingerprint density at radius 2 is 1.80 bits per heavy atom. The highest BCUT2D eigenvalue weighted by atomic mass is 35.5. The standard InChI is InChI=1S/C14H17ClF3NO/c15-12-3-1-2-4-13(12)19-9-10-5-7-11(8-6-10)20-14(16,17)18/h5-8,12-13,19H,1-4,9H2. The molecule has 20 heavy (non-hydrogen) atoms. The Morgan fingerprint density at radius 1 is 1.15 bits per heavy atom. The van der Waals surface area contributed by atoms with Crippen LogP contribution in [0.3, 0.4) is 0 Å². The van der Waals surface area contributed by atoms with Crippen molar-refractivity contribution in [1.29, 1.82) is 0 Å². The monoisotopic (exact) mass is 307 g/mol. The summed E-state index contributed by atoms with van der Waals surface area (Å²) in [6, 6.07) is 6.17. The summed E-state index contributed by atoms with van der Waals surface area (Å²) < 4.78 is 39.9. The fourth-order valence-corrected chi connectivity index (χ4v) is 2.74. The van der Waals surface area contributed by atoms with Crippen LogP contribution in [0.5, 0.6) is 5.75 Å². The maximum Gasteiger partial charge on any atom is 0.573 e. The van der Waals surface area contributed by atoms with Gasteiger partial charge in [-0.2, -0.15) is 0 Å². The van der Waals surface area contributed by atoms with E-state index in [0.29, 0.717) is 6.54 Å².